The molecule has 1 fully saturated rings. The first-order valence-corrected chi connectivity index (χ1v) is 8.01. The van der Waals surface area contributed by atoms with Crippen LogP contribution in [-0.2, 0) is 0 Å². The number of hydrogen-bond acceptors (Lipinski definition) is 5. The molecule has 1 aromatic rings. The SMILES string of the molecule is Cc1cc(OC(F)F)c(C(=O)N2CCCC(NCCO)C2)s1. The van der Waals surface area contributed by atoms with Crippen molar-refractivity contribution in [2.45, 2.75) is 32.4 Å². The number of aliphatic hydroxyl groups excluding tert-OH is 1. The van der Waals surface area contributed by atoms with Gasteiger partial charge in [0.2, 0.25) is 0 Å². The number of aliphatic hydroxyl groups is 1. The smallest absolute Gasteiger partial charge is 0.387 e. The Morgan fingerprint density at radius 1 is 1.64 bits per heavy atom. The highest BCUT2D eigenvalue weighted by Gasteiger charge is 2.28. The summed E-state index contributed by atoms with van der Waals surface area (Å²) >= 11 is 1.17. The van der Waals surface area contributed by atoms with Crippen molar-refractivity contribution in [3.63, 3.8) is 0 Å². The van der Waals surface area contributed by atoms with Gasteiger partial charge < -0.3 is 20.1 Å². The molecule has 1 saturated heterocycles. The Morgan fingerprint density at radius 3 is 3.09 bits per heavy atom. The number of nitrogens with one attached hydrogen (secondary N) is 1. The van der Waals surface area contributed by atoms with E-state index in [1.807, 2.05) is 0 Å². The number of thiophene rings is 1. The highest BCUT2D eigenvalue weighted by molar-refractivity contribution is 7.14. The van der Waals surface area contributed by atoms with Crippen LogP contribution >= 0.6 is 11.3 Å². The molecule has 1 amide bonds. The predicted molar refractivity (Wildman–Crippen MR) is 79.7 cm³/mol. The number of nitrogens with zero attached hydrogens (tertiary/aromatic N) is 1. The van der Waals surface area contributed by atoms with Gasteiger partial charge in [-0.25, -0.2) is 0 Å². The summed E-state index contributed by atoms with van der Waals surface area (Å²) in [7, 11) is 0. The topological polar surface area (TPSA) is 61.8 Å². The summed E-state index contributed by atoms with van der Waals surface area (Å²) in [4.78, 5) is 15.2. The van der Waals surface area contributed by atoms with E-state index in [1.165, 1.54) is 17.4 Å². The van der Waals surface area contributed by atoms with Gasteiger partial charge in [0.1, 0.15) is 10.6 Å². The molecule has 2 N–H and O–H groups in total. The van der Waals surface area contributed by atoms with Crippen LogP contribution in [0.5, 0.6) is 5.75 Å². The second kappa shape index (κ2) is 7.85. The summed E-state index contributed by atoms with van der Waals surface area (Å²) in [5.74, 6) is -0.322. The van der Waals surface area contributed by atoms with E-state index in [1.54, 1.807) is 11.8 Å². The zero-order valence-corrected chi connectivity index (χ0v) is 13.2. The Labute approximate surface area is 131 Å². The minimum Gasteiger partial charge on any atom is -0.433 e. The second-order valence-electron chi connectivity index (χ2n) is 5.20. The number of aryl methyl sites for hydroxylation is 1. The molecule has 1 atom stereocenters. The van der Waals surface area contributed by atoms with Crippen LogP contribution in [0, 0.1) is 6.92 Å². The Bertz CT molecular complexity index is 510. The maximum absolute atomic E-state index is 12.6. The Hall–Kier alpha value is -1.25. The largest absolute Gasteiger partial charge is 0.433 e. The van der Waals surface area contributed by atoms with Crippen LogP contribution in [-0.4, -0.2) is 54.8 Å². The molecule has 2 rings (SSSR count). The lowest BCUT2D eigenvalue weighted by molar-refractivity contribution is -0.0499. The van der Waals surface area contributed by atoms with E-state index in [2.05, 4.69) is 10.1 Å². The molecule has 1 unspecified atom stereocenters. The summed E-state index contributed by atoms with van der Waals surface area (Å²) in [6.45, 7) is 0.430. The highest BCUT2D eigenvalue weighted by atomic mass is 32.1. The fourth-order valence-corrected chi connectivity index (χ4v) is 3.48. The van der Waals surface area contributed by atoms with E-state index in [0.29, 0.717) is 19.6 Å². The van der Waals surface area contributed by atoms with Crippen molar-refractivity contribution in [2.24, 2.45) is 0 Å². The van der Waals surface area contributed by atoms with Gasteiger partial charge in [-0.05, 0) is 25.8 Å². The molecule has 0 saturated carbocycles. The summed E-state index contributed by atoms with van der Waals surface area (Å²) in [5.41, 5.74) is 0. The Morgan fingerprint density at radius 2 is 2.41 bits per heavy atom. The van der Waals surface area contributed by atoms with Crippen molar-refractivity contribution >= 4 is 17.2 Å². The molecular formula is C14H20F2N2O3S. The molecule has 0 bridgehead atoms. The van der Waals surface area contributed by atoms with Gasteiger partial charge in [-0.2, -0.15) is 8.78 Å². The summed E-state index contributed by atoms with van der Waals surface area (Å²) in [6.07, 6.45) is 1.76. The molecule has 0 radical (unpaired) electrons. The third-order valence-electron chi connectivity index (χ3n) is 3.48. The summed E-state index contributed by atoms with van der Waals surface area (Å²) < 4.78 is 29.3. The van der Waals surface area contributed by atoms with E-state index in [0.717, 1.165) is 17.7 Å². The first-order chi connectivity index (χ1) is 10.5. The lowest BCUT2D eigenvalue weighted by Crippen LogP contribution is -2.48. The highest BCUT2D eigenvalue weighted by Crippen LogP contribution is 2.32. The summed E-state index contributed by atoms with van der Waals surface area (Å²) in [5, 5.41) is 12.0. The fraction of sp³-hybridized carbons (Fsp3) is 0.643. The minimum absolute atomic E-state index is 0.0426. The van der Waals surface area contributed by atoms with Crippen molar-refractivity contribution in [2.75, 3.05) is 26.2 Å². The molecule has 1 aliphatic rings. The Kier molecular flexibility index (Phi) is 6.10. The van der Waals surface area contributed by atoms with Crippen LogP contribution < -0.4 is 10.1 Å². The number of carbonyl (C=O) groups excluding carboxylic acids is 1. The molecule has 0 aromatic carbocycles. The lowest BCUT2D eigenvalue weighted by atomic mass is 10.1. The van der Waals surface area contributed by atoms with Crippen molar-refractivity contribution in [3.05, 3.63) is 15.8 Å². The molecule has 22 heavy (non-hydrogen) atoms. The predicted octanol–water partition coefficient (Wildman–Crippen LogP) is 1.84. The number of rotatable bonds is 6. The Balaban J connectivity index is 2.07. The van der Waals surface area contributed by atoms with Crippen LogP contribution in [0.15, 0.2) is 6.07 Å². The van der Waals surface area contributed by atoms with Crippen LogP contribution in [0.2, 0.25) is 0 Å². The van der Waals surface area contributed by atoms with Gasteiger partial charge in [0.05, 0.1) is 6.61 Å². The van der Waals surface area contributed by atoms with Gasteiger partial charge in [-0.3, -0.25) is 4.79 Å². The zero-order chi connectivity index (χ0) is 16.1. The number of alkyl halides is 2. The van der Waals surface area contributed by atoms with Gasteiger partial charge in [0.25, 0.3) is 5.91 Å². The van der Waals surface area contributed by atoms with E-state index in [9.17, 15) is 13.6 Å². The number of carbonyl (C=O) groups is 1. The van der Waals surface area contributed by atoms with E-state index >= 15 is 0 Å². The maximum atomic E-state index is 12.6. The van der Waals surface area contributed by atoms with Crippen molar-refractivity contribution in [1.82, 2.24) is 10.2 Å². The van der Waals surface area contributed by atoms with Gasteiger partial charge in [-0.15, -0.1) is 11.3 Å². The van der Waals surface area contributed by atoms with Crippen molar-refractivity contribution in [1.29, 1.82) is 0 Å². The van der Waals surface area contributed by atoms with Crippen LogP contribution in [0.25, 0.3) is 0 Å². The van der Waals surface area contributed by atoms with Gasteiger partial charge in [0.15, 0.2) is 0 Å². The number of piperidine rings is 1. The number of amides is 1. The number of hydrogen-bond donors (Lipinski definition) is 2. The van der Waals surface area contributed by atoms with Gasteiger partial charge in [-0.1, -0.05) is 0 Å². The number of ether oxygens (including phenoxy) is 1. The molecule has 1 aliphatic heterocycles. The van der Waals surface area contributed by atoms with Crippen molar-refractivity contribution in [3.8, 4) is 5.75 Å². The molecule has 2 heterocycles. The third kappa shape index (κ3) is 4.37. The number of halogens is 2. The molecule has 0 spiro atoms. The van der Waals surface area contributed by atoms with Gasteiger partial charge in [0, 0.05) is 30.6 Å². The van der Waals surface area contributed by atoms with E-state index < -0.39 is 6.61 Å². The number of likely N-dealkylation sites (tertiary alicyclic amines) is 1. The van der Waals surface area contributed by atoms with Gasteiger partial charge >= 0.3 is 6.61 Å². The molecule has 1 aromatic heterocycles. The molecule has 124 valence electrons. The normalized spacial score (nSPS) is 18.8. The fourth-order valence-electron chi connectivity index (χ4n) is 2.56. The third-order valence-corrected chi connectivity index (χ3v) is 4.50. The maximum Gasteiger partial charge on any atom is 0.387 e. The lowest BCUT2D eigenvalue weighted by Gasteiger charge is -2.33. The van der Waals surface area contributed by atoms with Crippen LogP contribution in [0.1, 0.15) is 27.4 Å². The van der Waals surface area contributed by atoms with Crippen LogP contribution in [0.4, 0.5) is 8.78 Å². The quantitative estimate of drug-likeness (QED) is 0.833. The van der Waals surface area contributed by atoms with Crippen molar-refractivity contribution < 1.29 is 23.4 Å². The monoisotopic (exact) mass is 334 g/mol. The first-order valence-electron chi connectivity index (χ1n) is 7.20. The second-order valence-corrected chi connectivity index (χ2v) is 6.45. The van der Waals surface area contributed by atoms with Crippen LogP contribution in [0.3, 0.4) is 0 Å². The summed E-state index contributed by atoms with van der Waals surface area (Å²) in [6, 6.07) is 1.58. The molecule has 0 aliphatic carbocycles. The zero-order valence-electron chi connectivity index (χ0n) is 12.3. The van der Waals surface area contributed by atoms with E-state index in [4.69, 9.17) is 5.11 Å². The average Bonchev–Trinajstić information content (AvgIpc) is 2.84. The molecule has 8 heteroatoms. The standard InChI is InChI=1S/C14H20F2N2O3S/c1-9-7-11(21-14(15)16)12(22-9)13(20)18-5-2-3-10(8-18)17-4-6-19/h7,10,14,17,19H,2-6,8H2,1H3. The first kappa shape index (κ1) is 17.1. The molecular weight excluding hydrogens is 314 g/mol. The average molecular weight is 334 g/mol. The molecule has 5 nitrogen and oxygen atoms in total. The van der Waals surface area contributed by atoms with E-state index in [-0.39, 0.29) is 29.2 Å². The minimum atomic E-state index is -2.94.